The SMILES string of the molecule is Cc1cc(-c2ccc(-c3ccc(OC(F)(F)F)cc3)cc2)c(C#N)c(=O)[nH]1. The van der Waals surface area contributed by atoms with E-state index in [1.54, 1.807) is 37.3 Å². The van der Waals surface area contributed by atoms with Gasteiger partial charge in [0.25, 0.3) is 5.56 Å². The van der Waals surface area contributed by atoms with Gasteiger partial charge in [-0.2, -0.15) is 5.26 Å². The van der Waals surface area contributed by atoms with Crippen molar-refractivity contribution in [2.75, 3.05) is 0 Å². The molecule has 7 heteroatoms. The summed E-state index contributed by atoms with van der Waals surface area (Å²) in [5, 5.41) is 9.23. The fourth-order valence-electron chi connectivity index (χ4n) is 2.72. The first-order valence-electron chi connectivity index (χ1n) is 7.87. The maximum atomic E-state index is 12.2. The van der Waals surface area contributed by atoms with Gasteiger partial charge in [-0.15, -0.1) is 13.2 Å². The number of alkyl halides is 3. The van der Waals surface area contributed by atoms with E-state index in [1.807, 2.05) is 6.07 Å². The van der Waals surface area contributed by atoms with Crippen LogP contribution in [0.1, 0.15) is 11.3 Å². The summed E-state index contributed by atoms with van der Waals surface area (Å²) in [4.78, 5) is 14.5. The van der Waals surface area contributed by atoms with Gasteiger partial charge in [-0.05, 0) is 41.8 Å². The van der Waals surface area contributed by atoms with E-state index in [-0.39, 0.29) is 11.3 Å². The van der Waals surface area contributed by atoms with Crippen LogP contribution in [0.5, 0.6) is 5.75 Å². The van der Waals surface area contributed by atoms with E-state index in [9.17, 15) is 23.2 Å². The Morgan fingerprint density at radius 1 is 0.963 bits per heavy atom. The Kier molecular flexibility index (Phi) is 4.74. The molecule has 0 fully saturated rings. The number of aryl methyl sites for hydroxylation is 1. The number of hydrogen-bond donors (Lipinski definition) is 1. The van der Waals surface area contributed by atoms with Crippen molar-refractivity contribution >= 4 is 0 Å². The molecule has 4 nitrogen and oxygen atoms in total. The Bertz CT molecular complexity index is 1060. The second-order valence-electron chi connectivity index (χ2n) is 5.83. The molecule has 0 radical (unpaired) electrons. The molecule has 0 saturated heterocycles. The summed E-state index contributed by atoms with van der Waals surface area (Å²) in [5.74, 6) is -0.291. The lowest BCUT2D eigenvalue weighted by Crippen LogP contribution is -2.16. The van der Waals surface area contributed by atoms with Crippen LogP contribution in [-0.2, 0) is 0 Å². The number of nitrogens with zero attached hydrogens (tertiary/aromatic N) is 1. The van der Waals surface area contributed by atoms with Gasteiger partial charge in [0.15, 0.2) is 0 Å². The van der Waals surface area contributed by atoms with Crippen molar-refractivity contribution < 1.29 is 17.9 Å². The lowest BCUT2D eigenvalue weighted by Gasteiger charge is -2.10. The van der Waals surface area contributed by atoms with Crippen molar-refractivity contribution in [2.45, 2.75) is 13.3 Å². The number of halogens is 3. The third kappa shape index (κ3) is 4.18. The van der Waals surface area contributed by atoms with Crippen molar-refractivity contribution in [1.82, 2.24) is 4.98 Å². The fraction of sp³-hybridized carbons (Fsp3) is 0.100. The van der Waals surface area contributed by atoms with Gasteiger partial charge in [0, 0.05) is 11.3 Å². The van der Waals surface area contributed by atoms with E-state index in [2.05, 4.69) is 9.72 Å². The maximum Gasteiger partial charge on any atom is 0.573 e. The normalized spacial score (nSPS) is 11.1. The maximum absolute atomic E-state index is 12.2. The molecule has 0 saturated carbocycles. The number of ether oxygens (including phenoxy) is 1. The quantitative estimate of drug-likeness (QED) is 0.721. The average molecular weight is 370 g/mol. The zero-order valence-electron chi connectivity index (χ0n) is 14.1. The highest BCUT2D eigenvalue weighted by atomic mass is 19.4. The molecule has 1 heterocycles. The summed E-state index contributed by atoms with van der Waals surface area (Å²) >= 11 is 0. The number of pyridine rings is 1. The number of nitriles is 1. The second kappa shape index (κ2) is 7.00. The molecule has 0 bridgehead atoms. The lowest BCUT2D eigenvalue weighted by atomic mass is 9.98. The van der Waals surface area contributed by atoms with Crippen molar-refractivity contribution in [3.8, 4) is 34.1 Å². The molecule has 1 N–H and O–H groups in total. The first-order chi connectivity index (χ1) is 12.8. The lowest BCUT2D eigenvalue weighted by molar-refractivity contribution is -0.274. The zero-order chi connectivity index (χ0) is 19.6. The number of nitrogens with one attached hydrogen (secondary N) is 1. The van der Waals surface area contributed by atoms with Crippen LogP contribution in [0, 0.1) is 18.3 Å². The van der Waals surface area contributed by atoms with Gasteiger partial charge < -0.3 is 9.72 Å². The molecule has 136 valence electrons. The molecular formula is C20H13F3N2O2. The molecule has 1 aromatic heterocycles. The van der Waals surface area contributed by atoms with Crippen molar-refractivity contribution in [3.63, 3.8) is 0 Å². The predicted octanol–water partition coefficient (Wildman–Crippen LogP) is 4.79. The fourth-order valence-corrected chi connectivity index (χ4v) is 2.72. The summed E-state index contributed by atoms with van der Waals surface area (Å²) in [6, 6.07) is 16.2. The number of rotatable bonds is 3. The van der Waals surface area contributed by atoms with Gasteiger partial charge in [0.05, 0.1) is 0 Å². The van der Waals surface area contributed by atoms with E-state index in [0.717, 1.165) is 5.56 Å². The first-order valence-corrected chi connectivity index (χ1v) is 7.87. The van der Waals surface area contributed by atoms with Crippen LogP contribution in [0.2, 0.25) is 0 Å². The highest BCUT2D eigenvalue weighted by Crippen LogP contribution is 2.29. The van der Waals surface area contributed by atoms with E-state index >= 15 is 0 Å². The van der Waals surface area contributed by atoms with Gasteiger partial charge >= 0.3 is 6.36 Å². The molecule has 0 aliphatic carbocycles. The van der Waals surface area contributed by atoms with Gasteiger partial charge in [0.1, 0.15) is 17.4 Å². The van der Waals surface area contributed by atoms with Crippen molar-refractivity contribution in [3.05, 3.63) is 76.2 Å². The summed E-state index contributed by atoms with van der Waals surface area (Å²) in [5.41, 5.74) is 2.92. The van der Waals surface area contributed by atoms with Gasteiger partial charge in [0.2, 0.25) is 0 Å². The van der Waals surface area contributed by atoms with Crippen LogP contribution < -0.4 is 10.3 Å². The topological polar surface area (TPSA) is 65.9 Å². The van der Waals surface area contributed by atoms with Gasteiger partial charge in [-0.1, -0.05) is 36.4 Å². The van der Waals surface area contributed by atoms with Crippen molar-refractivity contribution in [1.29, 1.82) is 5.26 Å². The molecule has 2 aromatic carbocycles. The zero-order valence-corrected chi connectivity index (χ0v) is 14.1. The summed E-state index contributed by atoms with van der Waals surface area (Å²) in [7, 11) is 0. The van der Waals surface area contributed by atoms with Crippen LogP contribution in [0.15, 0.2) is 59.4 Å². The van der Waals surface area contributed by atoms with E-state index in [1.165, 1.54) is 24.3 Å². The molecule has 0 aliphatic rings. The Hall–Kier alpha value is -3.53. The number of H-pyrrole nitrogens is 1. The van der Waals surface area contributed by atoms with E-state index in [0.29, 0.717) is 22.4 Å². The Morgan fingerprint density at radius 2 is 1.48 bits per heavy atom. The van der Waals surface area contributed by atoms with Crippen LogP contribution in [0.25, 0.3) is 22.3 Å². The van der Waals surface area contributed by atoms with Gasteiger partial charge in [-0.3, -0.25) is 4.79 Å². The number of benzene rings is 2. The molecule has 0 aliphatic heterocycles. The number of aromatic amines is 1. The first kappa shape index (κ1) is 18.3. The van der Waals surface area contributed by atoms with Crippen LogP contribution in [0.4, 0.5) is 13.2 Å². The molecule has 27 heavy (non-hydrogen) atoms. The predicted molar refractivity (Wildman–Crippen MR) is 94.1 cm³/mol. The molecule has 0 atom stereocenters. The highest BCUT2D eigenvalue weighted by Gasteiger charge is 2.30. The largest absolute Gasteiger partial charge is 0.573 e. The summed E-state index contributed by atoms with van der Waals surface area (Å²) in [6.45, 7) is 1.73. The molecule has 3 aromatic rings. The van der Waals surface area contributed by atoms with Crippen LogP contribution in [-0.4, -0.2) is 11.3 Å². The summed E-state index contributed by atoms with van der Waals surface area (Å²) in [6.07, 6.45) is -4.73. The third-order valence-electron chi connectivity index (χ3n) is 3.90. The van der Waals surface area contributed by atoms with E-state index in [4.69, 9.17) is 0 Å². The molecule has 0 spiro atoms. The number of hydrogen-bond acceptors (Lipinski definition) is 3. The Balaban J connectivity index is 1.91. The standard InChI is InChI=1S/C20H13F3N2O2/c1-12-10-17(18(11-24)19(26)25-12)15-4-2-13(3-5-15)14-6-8-16(9-7-14)27-20(21,22)23/h2-10H,1H3,(H,25,26). The Morgan fingerprint density at radius 3 is 2.00 bits per heavy atom. The van der Waals surface area contributed by atoms with Crippen LogP contribution in [0.3, 0.4) is 0 Å². The monoisotopic (exact) mass is 370 g/mol. The molecule has 0 unspecified atom stereocenters. The van der Waals surface area contributed by atoms with Crippen molar-refractivity contribution in [2.24, 2.45) is 0 Å². The molecule has 3 rings (SSSR count). The smallest absolute Gasteiger partial charge is 0.406 e. The minimum absolute atomic E-state index is 0.0296. The van der Waals surface area contributed by atoms with Gasteiger partial charge in [-0.25, -0.2) is 0 Å². The minimum atomic E-state index is -4.73. The average Bonchev–Trinajstić information content (AvgIpc) is 2.61. The molecular weight excluding hydrogens is 357 g/mol. The Labute approximate surface area is 152 Å². The molecule has 0 amide bonds. The third-order valence-corrected chi connectivity index (χ3v) is 3.90. The highest BCUT2D eigenvalue weighted by molar-refractivity contribution is 5.74. The second-order valence-corrected chi connectivity index (χ2v) is 5.83. The minimum Gasteiger partial charge on any atom is -0.406 e. The summed E-state index contributed by atoms with van der Waals surface area (Å²) < 4.78 is 40.5. The van der Waals surface area contributed by atoms with Crippen LogP contribution >= 0.6 is 0 Å². The number of aromatic nitrogens is 1. The van der Waals surface area contributed by atoms with E-state index < -0.39 is 11.9 Å².